The number of rotatable bonds is 4. The number of carbonyl (C=O) groups is 2. The number of amides is 2. The molecule has 1 aliphatic heterocycles. The van der Waals surface area contributed by atoms with E-state index in [4.69, 9.17) is 0 Å². The van der Waals surface area contributed by atoms with Crippen molar-refractivity contribution in [2.75, 3.05) is 11.4 Å². The van der Waals surface area contributed by atoms with Gasteiger partial charge in [0, 0.05) is 30.7 Å². The highest BCUT2D eigenvalue weighted by Crippen LogP contribution is 2.32. The van der Waals surface area contributed by atoms with E-state index >= 15 is 0 Å². The summed E-state index contributed by atoms with van der Waals surface area (Å²) in [5.74, 6) is -0.445. The molecule has 2 aromatic carbocycles. The molecule has 2 unspecified atom stereocenters. The zero-order valence-electron chi connectivity index (χ0n) is 15.1. The molecule has 1 saturated heterocycles. The van der Waals surface area contributed by atoms with Gasteiger partial charge in [-0.05, 0) is 36.1 Å². The number of pyridine rings is 1. The molecule has 1 N–H and O–H groups in total. The van der Waals surface area contributed by atoms with Crippen molar-refractivity contribution in [3.63, 3.8) is 0 Å². The Labute approximate surface area is 158 Å². The Balaban J connectivity index is 1.51. The Morgan fingerprint density at radius 2 is 1.85 bits per heavy atom. The second-order valence-electron chi connectivity index (χ2n) is 6.91. The lowest BCUT2D eigenvalue weighted by Crippen LogP contribution is -2.34. The van der Waals surface area contributed by atoms with Crippen LogP contribution in [0, 0.1) is 5.92 Å². The lowest BCUT2D eigenvalue weighted by Gasteiger charge is -2.20. The first-order chi connectivity index (χ1) is 13.1. The van der Waals surface area contributed by atoms with Gasteiger partial charge in [0.2, 0.25) is 11.8 Å². The highest BCUT2D eigenvalue weighted by Gasteiger charge is 2.36. The van der Waals surface area contributed by atoms with Crippen LogP contribution in [0.25, 0.3) is 10.8 Å². The standard InChI is InChI=1S/C22H21N3O2/c1-15(16-9-11-23-12-10-16)24-22(27)18-13-21(26)25(14-18)20-8-4-6-17-5-2-3-7-19(17)20/h2-12,15,18H,13-14H2,1H3,(H,24,27). The molecule has 0 aliphatic carbocycles. The number of anilines is 1. The molecule has 0 saturated carbocycles. The van der Waals surface area contributed by atoms with E-state index in [0.717, 1.165) is 22.0 Å². The maximum atomic E-state index is 12.7. The maximum absolute atomic E-state index is 12.7. The molecule has 0 spiro atoms. The van der Waals surface area contributed by atoms with Crippen LogP contribution in [0.4, 0.5) is 5.69 Å². The third kappa shape index (κ3) is 3.40. The first kappa shape index (κ1) is 17.2. The molecule has 1 fully saturated rings. The fourth-order valence-electron chi connectivity index (χ4n) is 3.63. The Hall–Kier alpha value is -3.21. The predicted octanol–water partition coefficient (Wildman–Crippen LogP) is 3.47. The molecule has 1 aliphatic rings. The van der Waals surface area contributed by atoms with Crippen LogP contribution in [-0.4, -0.2) is 23.3 Å². The van der Waals surface area contributed by atoms with Crippen molar-refractivity contribution in [2.24, 2.45) is 5.92 Å². The van der Waals surface area contributed by atoms with Gasteiger partial charge in [0.1, 0.15) is 0 Å². The van der Waals surface area contributed by atoms with E-state index < -0.39 is 0 Å². The highest BCUT2D eigenvalue weighted by atomic mass is 16.2. The zero-order valence-corrected chi connectivity index (χ0v) is 15.1. The monoisotopic (exact) mass is 359 g/mol. The van der Waals surface area contributed by atoms with Crippen LogP contribution in [0.2, 0.25) is 0 Å². The first-order valence-electron chi connectivity index (χ1n) is 9.12. The van der Waals surface area contributed by atoms with Gasteiger partial charge < -0.3 is 10.2 Å². The number of carbonyl (C=O) groups excluding carboxylic acids is 2. The molecule has 2 amide bonds. The van der Waals surface area contributed by atoms with E-state index in [-0.39, 0.29) is 30.2 Å². The van der Waals surface area contributed by atoms with E-state index in [1.54, 1.807) is 17.3 Å². The largest absolute Gasteiger partial charge is 0.349 e. The number of fused-ring (bicyclic) bond motifs is 1. The van der Waals surface area contributed by atoms with E-state index in [2.05, 4.69) is 10.3 Å². The van der Waals surface area contributed by atoms with Crippen LogP contribution in [0.3, 0.4) is 0 Å². The van der Waals surface area contributed by atoms with Gasteiger partial charge in [-0.25, -0.2) is 0 Å². The number of hydrogen-bond acceptors (Lipinski definition) is 3. The molecular formula is C22H21N3O2. The van der Waals surface area contributed by atoms with Crippen molar-refractivity contribution >= 4 is 28.3 Å². The highest BCUT2D eigenvalue weighted by molar-refractivity contribution is 6.07. The molecule has 3 aromatic rings. The molecule has 5 nitrogen and oxygen atoms in total. The van der Waals surface area contributed by atoms with Crippen LogP contribution >= 0.6 is 0 Å². The van der Waals surface area contributed by atoms with Gasteiger partial charge >= 0.3 is 0 Å². The Morgan fingerprint density at radius 1 is 1.11 bits per heavy atom. The SMILES string of the molecule is CC(NC(=O)C1CC(=O)N(c2cccc3ccccc23)C1)c1ccncc1. The minimum Gasteiger partial charge on any atom is -0.349 e. The second kappa shape index (κ2) is 7.19. The Kier molecular flexibility index (Phi) is 4.59. The summed E-state index contributed by atoms with van der Waals surface area (Å²) >= 11 is 0. The number of nitrogens with one attached hydrogen (secondary N) is 1. The van der Waals surface area contributed by atoms with Crippen molar-refractivity contribution < 1.29 is 9.59 Å². The third-order valence-electron chi connectivity index (χ3n) is 5.12. The van der Waals surface area contributed by atoms with Gasteiger partial charge in [-0.1, -0.05) is 36.4 Å². The van der Waals surface area contributed by atoms with Gasteiger partial charge in [-0.3, -0.25) is 14.6 Å². The normalized spacial score (nSPS) is 17.9. The summed E-state index contributed by atoms with van der Waals surface area (Å²) in [4.78, 5) is 31.1. The molecule has 4 rings (SSSR count). The zero-order chi connectivity index (χ0) is 18.8. The predicted molar refractivity (Wildman–Crippen MR) is 105 cm³/mol. The molecule has 1 aromatic heterocycles. The molecule has 27 heavy (non-hydrogen) atoms. The molecule has 0 radical (unpaired) electrons. The fourth-order valence-corrected chi connectivity index (χ4v) is 3.63. The van der Waals surface area contributed by atoms with Crippen molar-refractivity contribution in [2.45, 2.75) is 19.4 Å². The van der Waals surface area contributed by atoms with Crippen LogP contribution < -0.4 is 10.2 Å². The molecule has 136 valence electrons. The van der Waals surface area contributed by atoms with E-state index in [1.165, 1.54) is 0 Å². The summed E-state index contributed by atoms with van der Waals surface area (Å²) in [6, 6.07) is 17.5. The Bertz CT molecular complexity index is 982. The first-order valence-corrected chi connectivity index (χ1v) is 9.12. The molecule has 5 heteroatoms. The van der Waals surface area contributed by atoms with Gasteiger partial charge in [0.25, 0.3) is 0 Å². The average Bonchev–Trinajstić information content (AvgIpc) is 3.10. The van der Waals surface area contributed by atoms with Crippen LogP contribution in [0.5, 0.6) is 0 Å². The summed E-state index contributed by atoms with van der Waals surface area (Å²) in [5, 5.41) is 5.13. The van der Waals surface area contributed by atoms with Crippen molar-refractivity contribution in [1.29, 1.82) is 0 Å². The average molecular weight is 359 g/mol. The number of nitrogens with zero attached hydrogens (tertiary/aromatic N) is 2. The topological polar surface area (TPSA) is 62.3 Å². The minimum absolute atomic E-state index is 0.0110. The van der Waals surface area contributed by atoms with Crippen LogP contribution in [0.15, 0.2) is 67.0 Å². The number of hydrogen-bond donors (Lipinski definition) is 1. The van der Waals surface area contributed by atoms with Gasteiger partial charge in [-0.15, -0.1) is 0 Å². The summed E-state index contributed by atoms with van der Waals surface area (Å²) in [5.41, 5.74) is 1.86. The molecule has 2 heterocycles. The van der Waals surface area contributed by atoms with Crippen LogP contribution in [0.1, 0.15) is 24.9 Å². The Morgan fingerprint density at radius 3 is 2.67 bits per heavy atom. The van der Waals surface area contributed by atoms with Crippen molar-refractivity contribution in [1.82, 2.24) is 10.3 Å². The third-order valence-corrected chi connectivity index (χ3v) is 5.12. The molecule has 0 bridgehead atoms. The summed E-state index contributed by atoms with van der Waals surface area (Å²) < 4.78 is 0. The lowest BCUT2D eigenvalue weighted by molar-refractivity contribution is -0.126. The summed E-state index contributed by atoms with van der Waals surface area (Å²) in [6.07, 6.45) is 3.65. The summed E-state index contributed by atoms with van der Waals surface area (Å²) in [7, 11) is 0. The molecular weight excluding hydrogens is 338 g/mol. The lowest BCUT2D eigenvalue weighted by atomic mass is 10.1. The number of benzene rings is 2. The maximum Gasteiger partial charge on any atom is 0.227 e. The van der Waals surface area contributed by atoms with Gasteiger partial charge in [0.15, 0.2) is 0 Å². The van der Waals surface area contributed by atoms with Crippen LogP contribution in [-0.2, 0) is 9.59 Å². The molecule has 2 atom stereocenters. The van der Waals surface area contributed by atoms with Crippen molar-refractivity contribution in [3.8, 4) is 0 Å². The smallest absolute Gasteiger partial charge is 0.227 e. The van der Waals surface area contributed by atoms with Gasteiger partial charge in [-0.2, -0.15) is 0 Å². The van der Waals surface area contributed by atoms with E-state index in [0.29, 0.717) is 6.54 Å². The van der Waals surface area contributed by atoms with E-state index in [1.807, 2.05) is 61.5 Å². The summed E-state index contributed by atoms with van der Waals surface area (Å²) in [6.45, 7) is 2.34. The second-order valence-corrected chi connectivity index (χ2v) is 6.91. The number of aromatic nitrogens is 1. The van der Waals surface area contributed by atoms with Gasteiger partial charge in [0.05, 0.1) is 17.6 Å². The van der Waals surface area contributed by atoms with E-state index in [9.17, 15) is 9.59 Å². The van der Waals surface area contributed by atoms with Crippen molar-refractivity contribution in [3.05, 3.63) is 72.6 Å². The minimum atomic E-state index is -0.347. The quantitative estimate of drug-likeness (QED) is 0.776. The fraction of sp³-hybridized carbons (Fsp3) is 0.227.